The molecule has 0 heterocycles. The Balaban J connectivity index is 2.31. The number of esters is 1. The van der Waals surface area contributed by atoms with Crippen LogP contribution in [0.4, 0.5) is 0 Å². The Morgan fingerprint density at radius 3 is 2.75 bits per heavy atom. The molecular weight excluding hydrogens is 208 g/mol. The number of rotatable bonds is 5. The average molecular weight is 222 g/mol. The Labute approximate surface area is 94.1 Å². The van der Waals surface area contributed by atoms with Crippen molar-refractivity contribution < 1.29 is 19.4 Å². The zero-order valence-electron chi connectivity index (χ0n) is 9.00. The molecule has 86 valence electrons. The summed E-state index contributed by atoms with van der Waals surface area (Å²) in [5.74, 6) is -0.798. The van der Waals surface area contributed by atoms with E-state index in [1.807, 2.05) is 36.4 Å². The van der Waals surface area contributed by atoms with Gasteiger partial charge in [-0.3, -0.25) is 0 Å². The summed E-state index contributed by atoms with van der Waals surface area (Å²) >= 11 is 0. The highest BCUT2D eigenvalue weighted by Gasteiger charge is 2.14. The summed E-state index contributed by atoms with van der Waals surface area (Å²) in [6, 6.07) is 9.64. The van der Waals surface area contributed by atoms with E-state index in [4.69, 9.17) is 9.84 Å². The van der Waals surface area contributed by atoms with Gasteiger partial charge in [-0.05, 0) is 5.56 Å². The van der Waals surface area contributed by atoms with Crippen LogP contribution in [0.25, 0.3) is 6.08 Å². The molecule has 4 nitrogen and oxygen atoms in total. The lowest BCUT2D eigenvalue weighted by Crippen LogP contribution is -2.24. The molecule has 1 N–H and O–H groups in total. The fraction of sp³-hybridized carbons (Fsp3) is 0.250. The van der Waals surface area contributed by atoms with Gasteiger partial charge in [0.1, 0.15) is 0 Å². The zero-order valence-corrected chi connectivity index (χ0v) is 9.00. The number of hydrogen-bond donors (Lipinski definition) is 1. The van der Waals surface area contributed by atoms with Gasteiger partial charge in [-0.2, -0.15) is 0 Å². The van der Waals surface area contributed by atoms with Crippen LogP contribution < -0.4 is 0 Å². The number of carbonyl (C=O) groups is 1. The van der Waals surface area contributed by atoms with E-state index in [1.165, 1.54) is 7.11 Å². The van der Waals surface area contributed by atoms with Gasteiger partial charge in [0.15, 0.2) is 0 Å². The molecule has 0 bridgehead atoms. The summed E-state index contributed by atoms with van der Waals surface area (Å²) in [6.45, 7) is 0.144. The molecule has 1 aromatic carbocycles. The number of carbonyl (C=O) groups excluding carboxylic acids is 1. The van der Waals surface area contributed by atoms with Gasteiger partial charge in [0.2, 0.25) is 0 Å². The first-order chi connectivity index (χ1) is 7.74. The topological polar surface area (TPSA) is 55.8 Å². The third kappa shape index (κ3) is 4.25. The Hall–Kier alpha value is -1.65. The molecule has 0 aliphatic rings. The summed E-state index contributed by atoms with van der Waals surface area (Å²) in [7, 11) is 1.19. The molecule has 0 saturated heterocycles. The second kappa shape index (κ2) is 6.76. The first-order valence-corrected chi connectivity index (χ1v) is 4.83. The summed E-state index contributed by atoms with van der Waals surface area (Å²) in [6.07, 6.45) is 2.02. The van der Waals surface area contributed by atoms with Crippen molar-refractivity contribution in [2.45, 2.75) is 6.29 Å². The lowest BCUT2D eigenvalue weighted by Gasteiger charge is -2.06. The molecule has 1 atom stereocenters. The molecule has 0 radical (unpaired) electrons. The van der Waals surface area contributed by atoms with E-state index in [0.29, 0.717) is 0 Å². The van der Waals surface area contributed by atoms with Gasteiger partial charge in [0, 0.05) is 0 Å². The minimum atomic E-state index is -1.52. The second-order valence-electron chi connectivity index (χ2n) is 3.02. The number of hydrogen-bond acceptors (Lipinski definition) is 4. The van der Waals surface area contributed by atoms with Crippen molar-refractivity contribution in [3.63, 3.8) is 0 Å². The van der Waals surface area contributed by atoms with Crippen LogP contribution in [0.5, 0.6) is 0 Å². The van der Waals surface area contributed by atoms with Gasteiger partial charge in [0.25, 0.3) is 6.29 Å². The van der Waals surface area contributed by atoms with Gasteiger partial charge >= 0.3 is 5.97 Å². The third-order valence-electron chi connectivity index (χ3n) is 1.86. The van der Waals surface area contributed by atoms with Crippen molar-refractivity contribution in [3.8, 4) is 0 Å². The first-order valence-electron chi connectivity index (χ1n) is 4.83. The minimum Gasteiger partial charge on any atom is -0.465 e. The second-order valence-corrected chi connectivity index (χ2v) is 3.02. The Kier molecular flexibility index (Phi) is 5.25. The van der Waals surface area contributed by atoms with Crippen molar-refractivity contribution in [2.24, 2.45) is 0 Å². The maximum absolute atomic E-state index is 10.8. The lowest BCUT2D eigenvalue weighted by atomic mass is 10.2. The Bertz CT molecular complexity index is 345. The summed E-state index contributed by atoms with van der Waals surface area (Å²) < 4.78 is 9.10. The Morgan fingerprint density at radius 2 is 2.12 bits per heavy atom. The predicted octanol–water partition coefficient (Wildman–Crippen LogP) is 1.21. The largest absolute Gasteiger partial charge is 0.465 e. The van der Waals surface area contributed by atoms with Crippen molar-refractivity contribution in [3.05, 3.63) is 42.0 Å². The van der Waals surface area contributed by atoms with E-state index in [2.05, 4.69) is 4.74 Å². The molecule has 16 heavy (non-hydrogen) atoms. The van der Waals surface area contributed by atoms with Crippen molar-refractivity contribution in [1.82, 2.24) is 0 Å². The van der Waals surface area contributed by atoms with Crippen molar-refractivity contribution >= 4 is 12.0 Å². The van der Waals surface area contributed by atoms with E-state index in [9.17, 15) is 4.79 Å². The molecule has 0 amide bonds. The molecule has 0 aliphatic heterocycles. The fourth-order valence-electron chi connectivity index (χ4n) is 1.06. The van der Waals surface area contributed by atoms with Gasteiger partial charge in [-0.15, -0.1) is 0 Å². The normalized spacial score (nSPS) is 12.6. The molecule has 1 rings (SSSR count). The zero-order chi connectivity index (χ0) is 11.8. The van der Waals surface area contributed by atoms with E-state index < -0.39 is 12.3 Å². The molecule has 0 fully saturated rings. The molecule has 0 spiro atoms. The van der Waals surface area contributed by atoms with Gasteiger partial charge in [-0.25, -0.2) is 4.79 Å². The highest BCUT2D eigenvalue weighted by molar-refractivity contribution is 5.72. The number of benzene rings is 1. The minimum absolute atomic E-state index is 0.144. The van der Waals surface area contributed by atoms with E-state index in [1.54, 1.807) is 6.08 Å². The van der Waals surface area contributed by atoms with Crippen LogP contribution in [0.1, 0.15) is 5.56 Å². The van der Waals surface area contributed by atoms with Gasteiger partial charge in [-0.1, -0.05) is 42.5 Å². The maximum Gasteiger partial charge on any atom is 0.363 e. The molecule has 0 unspecified atom stereocenters. The number of aliphatic hydroxyl groups excluding tert-OH is 1. The third-order valence-corrected chi connectivity index (χ3v) is 1.86. The average Bonchev–Trinajstić information content (AvgIpc) is 2.34. The quantitative estimate of drug-likeness (QED) is 0.601. The number of aliphatic hydroxyl groups is 1. The van der Waals surface area contributed by atoms with Crippen LogP contribution in [-0.4, -0.2) is 31.1 Å². The highest BCUT2D eigenvalue weighted by Crippen LogP contribution is 2.01. The summed E-state index contributed by atoms with van der Waals surface area (Å²) in [4.78, 5) is 10.8. The van der Waals surface area contributed by atoms with Crippen LogP contribution in [-0.2, 0) is 14.3 Å². The summed E-state index contributed by atoms with van der Waals surface area (Å²) in [5.41, 5.74) is 1.03. The molecule has 0 aromatic heterocycles. The highest BCUT2D eigenvalue weighted by atomic mass is 16.6. The predicted molar refractivity (Wildman–Crippen MR) is 59.5 cm³/mol. The molecular formula is C12H14O4. The van der Waals surface area contributed by atoms with Crippen molar-refractivity contribution in [1.29, 1.82) is 0 Å². The van der Waals surface area contributed by atoms with Gasteiger partial charge in [0.05, 0.1) is 13.7 Å². The Morgan fingerprint density at radius 1 is 1.44 bits per heavy atom. The molecule has 0 saturated carbocycles. The smallest absolute Gasteiger partial charge is 0.363 e. The van der Waals surface area contributed by atoms with Gasteiger partial charge < -0.3 is 14.6 Å². The standard InChI is InChI=1S/C12H14O4/c1-15-11(13)12(14)16-9-5-8-10-6-3-2-4-7-10/h2-8,12,14H,9H2,1H3/b8-5+/t12-/m0/s1. The van der Waals surface area contributed by atoms with E-state index >= 15 is 0 Å². The van der Waals surface area contributed by atoms with E-state index in [-0.39, 0.29) is 6.61 Å². The van der Waals surface area contributed by atoms with Crippen LogP contribution in [0.3, 0.4) is 0 Å². The fourth-order valence-corrected chi connectivity index (χ4v) is 1.06. The van der Waals surface area contributed by atoms with E-state index in [0.717, 1.165) is 5.56 Å². The number of ether oxygens (including phenoxy) is 2. The molecule has 0 aliphatic carbocycles. The lowest BCUT2D eigenvalue weighted by molar-refractivity contribution is -0.177. The molecule has 4 heteroatoms. The SMILES string of the molecule is COC(=O)[C@@H](O)OC/C=C/c1ccccc1. The summed E-state index contributed by atoms with van der Waals surface area (Å²) in [5, 5.41) is 9.08. The van der Waals surface area contributed by atoms with Crippen LogP contribution in [0.2, 0.25) is 0 Å². The maximum atomic E-state index is 10.8. The molecule has 1 aromatic rings. The first kappa shape index (κ1) is 12.4. The van der Waals surface area contributed by atoms with Crippen LogP contribution in [0.15, 0.2) is 36.4 Å². The van der Waals surface area contributed by atoms with Crippen LogP contribution >= 0.6 is 0 Å². The monoisotopic (exact) mass is 222 g/mol. The number of methoxy groups -OCH3 is 1. The van der Waals surface area contributed by atoms with Crippen molar-refractivity contribution in [2.75, 3.05) is 13.7 Å². The van der Waals surface area contributed by atoms with Crippen LogP contribution in [0, 0.1) is 0 Å².